The zero-order chi connectivity index (χ0) is 24.1. The number of ether oxygens (including phenoxy) is 1. The number of hydrogen-bond donors (Lipinski definition) is 0. The predicted octanol–water partition coefficient (Wildman–Crippen LogP) is 8.41. The highest BCUT2D eigenvalue weighted by Gasteiger charge is 2.58. The van der Waals surface area contributed by atoms with Crippen LogP contribution in [0, 0.1) is 5.92 Å². The SMILES string of the molecule is CCCCCC1CCC(c2ccc(C(=O)Oc3ccc(C(F)(F)C(F)(F)F)cc3)cc2)CC1. The quantitative estimate of drug-likeness (QED) is 0.168. The minimum absolute atomic E-state index is 0.104. The molecule has 1 saturated carbocycles. The van der Waals surface area contributed by atoms with Gasteiger partial charge in [0.15, 0.2) is 0 Å². The Labute approximate surface area is 191 Å². The molecule has 0 N–H and O–H groups in total. The van der Waals surface area contributed by atoms with Gasteiger partial charge >= 0.3 is 18.1 Å². The van der Waals surface area contributed by atoms with Gasteiger partial charge < -0.3 is 4.74 Å². The van der Waals surface area contributed by atoms with Gasteiger partial charge in [0.25, 0.3) is 0 Å². The molecular weight excluding hydrogens is 439 g/mol. The van der Waals surface area contributed by atoms with Crippen molar-refractivity contribution in [2.45, 2.75) is 76.3 Å². The van der Waals surface area contributed by atoms with Crippen LogP contribution in [0.1, 0.15) is 85.7 Å². The summed E-state index contributed by atoms with van der Waals surface area (Å²) in [4.78, 5) is 12.4. The van der Waals surface area contributed by atoms with Gasteiger partial charge in [-0.3, -0.25) is 0 Å². The van der Waals surface area contributed by atoms with E-state index in [0.29, 0.717) is 18.1 Å². The fourth-order valence-corrected chi connectivity index (χ4v) is 4.42. The smallest absolute Gasteiger partial charge is 0.423 e. The van der Waals surface area contributed by atoms with Gasteiger partial charge in [0.05, 0.1) is 5.56 Å². The maximum atomic E-state index is 13.4. The van der Waals surface area contributed by atoms with E-state index in [1.165, 1.54) is 44.1 Å². The van der Waals surface area contributed by atoms with Gasteiger partial charge in [0.1, 0.15) is 5.75 Å². The largest absolute Gasteiger partial charge is 0.458 e. The monoisotopic (exact) mass is 468 g/mol. The van der Waals surface area contributed by atoms with Crippen LogP contribution >= 0.6 is 0 Å². The second-order valence-electron chi connectivity index (χ2n) is 8.82. The molecule has 0 aliphatic heterocycles. The van der Waals surface area contributed by atoms with E-state index in [-0.39, 0.29) is 11.3 Å². The zero-order valence-corrected chi connectivity index (χ0v) is 18.6. The molecule has 0 spiro atoms. The molecule has 0 radical (unpaired) electrons. The topological polar surface area (TPSA) is 26.3 Å². The first-order valence-corrected chi connectivity index (χ1v) is 11.5. The average Bonchev–Trinajstić information content (AvgIpc) is 2.79. The molecule has 0 aromatic heterocycles. The van der Waals surface area contributed by atoms with Crippen LogP contribution in [0.5, 0.6) is 5.75 Å². The second kappa shape index (κ2) is 10.7. The van der Waals surface area contributed by atoms with E-state index in [1.807, 2.05) is 12.1 Å². The minimum atomic E-state index is -5.69. The van der Waals surface area contributed by atoms with Gasteiger partial charge in [-0.25, -0.2) is 4.79 Å². The first-order valence-electron chi connectivity index (χ1n) is 11.5. The first kappa shape index (κ1) is 25.2. The van der Waals surface area contributed by atoms with Gasteiger partial charge in [-0.15, -0.1) is 0 Å². The van der Waals surface area contributed by atoms with Crippen molar-refractivity contribution < 1.29 is 31.5 Å². The van der Waals surface area contributed by atoms with E-state index in [1.54, 1.807) is 12.1 Å². The Bertz CT molecular complexity index is 896. The predicted molar refractivity (Wildman–Crippen MR) is 117 cm³/mol. The number of benzene rings is 2. The maximum Gasteiger partial charge on any atom is 0.458 e. The molecule has 0 bridgehead atoms. The summed E-state index contributed by atoms with van der Waals surface area (Å²) < 4.78 is 69.3. The molecule has 180 valence electrons. The Morgan fingerprint density at radius 1 is 0.879 bits per heavy atom. The van der Waals surface area contributed by atoms with Crippen molar-refractivity contribution in [1.29, 1.82) is 0 Å². The van der Waals surface area contributed by atoms with Crippen LogP contribution in [0.4, 0.5) is 22.0 Å². The highest BCUT2D eigenvalue weighted by Crippen LogP contribution is 2.44. The standard InChI is InChI=1S/C26H29F5O2/c1-2-3-4-5-18-6-8-19(9-7-18)20-10-12-21(13-11-20)24(32)33-23-16-14-22(15-17-23)25(27,28)26(29,30)31/h10-19H,2-9H2,1H3. The van der Waals surface area contributed by atoms with Crippen molar-refractivity contribution in [2.24, 2.45) is 5.92 Å². The molecule has 33 heavy (non-hydrogen) atoms. The molecule has 1 aliphatic rings. The lowest BCUT2D eigenvalue weighted by Crippen LogP contribution is -2.33. The van der Waals surface area contributed by atoms with E-state index in [2.05, 4.69) is 6.92 Å². The summed E-state index contributed by atoms with van der Waals surface area (Å²) in [6, 6.07) is 10.2. The lowest BCUT2D eigenvalue weighted by atomic mass is 9.77. The van der Waals surface area contributed by atoms with Gasteiger partial charge in [-0.1, -0.05) is 44.7 Å². The molecule has 7 heteroatoms. The van der Waals surface area contributed by atoms with E-state index in [0.717, 1.165) is 30.9 Å². The zero-order valence-electron chi connectivity index (χ0n) is 18.6. The molecule has 2 aromatic rings. The Morgan fingerprint density at radius 2 is 1.48 bits per heavy atom. The summed E-state index contributed by atoms with van der Waals surface area (Å²) in [7, 11) is 0. The number of alkyl halides is 5. The molecule has 1 fully saturated rings. The Balaban J connectivity index is 1.55. The third-order valence-corrected chi connectivity index (χ3v) is 6.46. The summed E-state index contributed by atoms with van der Waals surface area (Å²) >= 11 is 0. The van der Waals surface area contributed by atoms with Crippen LogP contribution in [0.25, 0.3) is 0 Å². The highest BCUT2D eigenvalue weighted by molar-refractivity contribution is 5.91. The van der Waals surface area contributed by atoms with E-state index < -0.39 is 23.6 Å². The van der Waals surface area contributed by atoms with Crippen molar-refractivity contribution in [1.82, 2.24) is 0 Å². The van der Waals surface area contributed by atoms with Gasteiger partial charge in [-0.05, 0) is 79.5 Å². The third-order valence-electron chi connectivity index (χ3n) is 6.46. The molecule has 1 aliphatic carbocycles. The summed E-state index contributed by atoms with van der Waals surface area (Å²) in [5.41, 5.74) is 0.258. The molecular formula is C26H29F5O2. The van der Waals surface area contributed by atoms with Crippen molar-refractivity contribution in [3.8, 4) is 5.75 Å². The van der Waals surface area contributed by atoms with Crippen LogP contribution in [0.2, 0.25) is 0 Å². The fraction of sp³-hybridized carbons (Fsp3) is 0.500. The number of carbonyl (C=O) groups is 1. The number of rotatable bonds is 8. The van der Waals surface area contributed by atoms with Crippen LogP contribution in [0.3, 0.4) is 0 Å². The molecule has 0 heterocycles. The second-order valence-corrected chi connectivity index (χ2v) is 8.82. The molecule has 0 unspecified atom stereocenters. The number of unbranched alkanes of at least 4 members (excludes halogenated alkanes) is 2. The van der Waals surface area contributed by atoms with Crippen LogP contribution in [-0.2, 0) is 5.92 Å². The summed E-state index contributed by atoms with van der Waals surface area (Å²) in [6.07, 6.45) is 4.16. The van der Waals surface area contributed by atoms with Gasteiger partial charge in [0, 0.05) is 5.56 Å². The normalized spacial score (nSPS) is 19.3. The Kier molecular flexibility index (Phi) is 8.14. The summed E-state index contributed by atoms with van der Waals surface area (Å²) in [5.74, 6) is -4.49. The highest BCUT2D eigenvalue weighted by atomic mass is 19.4. The molecule has 3 rings (SSSR count). The summed E-state index contributed by atoms with van der Waals surface area (Å²) in [6.45, 7) is 2.21. The Morgan fingerprint density at radius 3 is 2.03 bits per heavy atom. The minimum Gasteiger partial charge on any atom is -0.423 e. The van der Waals surface area contributed by atoms with Gasteiger partial charge in [-0.2, -0.15) is 22.0 Å². The van der Waals surface area contributed by atoms with Gasteiger partial charge in [0.2, 0.25) is 0 Å². The van der Waals surface area contributed by atoms with Crippen LogP contribution in [0.15, 0.2) is 48.5 Å². The van der Waals surface area contributed by atoms with E-state index >= 15 is 0 Å². The van der Waals surface area contributed by atoms with Crippen molar-refractivity contribution in [3.05, 3.63) is 65.2 Å². The van der Waals surface area contributed by atoms with Crippen LogP contribution in [-0.4, -0.2) is 12.1 Å². The third kappa shape index (κ3) is 6.33. The lowest BCUT2D eigenvalue weighted by Gasteiger charge is -2.29. The molecule has 0 saturated heterocycles. The number of esters is 1. The molecule has 2 aromatic carbocycles. The molecule has 0 amide bonds. The average molecular weight is 469 g/mol. The Hall–Kier alpha value is -2.44. The van der Waals surface area contributed by atoms with Crippen molar-refractivity contribution in [3.63, 3.8) is 0 Å². The molecule has 0 atom stereocenters. The van der Waals surface area contributed by atoms with E-state index in [9.17, 15) is 26.7 Å². The fourth-order valence-electron chi connectivity index (χ4n) is 4.42. The van der Waals surface area contributed by atoms with Crippen molar-refractivity contribution >= 4 is 5.97 Å². The number of halogens is 5. The number of hydrogen-bond acceptors (Lipinski definition) is 2. The lowest BCUT2D eigenvalue weighted by molar-refractivity contribution is -0.289. The summed E-state index contributed by atoms with van der Waals surface area (Å²) in [5, 5.41) is 0. The van der Waals surface area contributed by atoms with E-state index in [4.69, 9.17) is 4.74 Å². The van der Waals surface area contributed by atoms with Crippen LogP contribution < -0.4 is 4.74 Å². The van der Waals surface area contributed by atoms with Crippen molar-refractivity contribution in [2.75, 3.05) is 0 Å². The maximum absolute atomic E-state index is 13.4. The first-order chi connectivity index (χ1) is 15.6. The number of carbonyl (C=O) groups excluding carboxylic acids is 1. The molecule has 2 nitrogen and oxygen atoms in total.